The van der Waals surface area contributed by atoms with Crippen molar-refractivity contribution >= 4 is 16.9 Å². The van der Waals surface area contributed by atoms with Gasteiger partial charge in [0.25, 0.3) is 0 Å². The van der Waals surface area contributed by atoms with Gasteiger partial charge in [-0.05, 0) is 24.3 Å². The highest BCUT2D eigenvalue weighted by atomic mass is 16.5. The molecule has 1 N–H and O–H groups in total. The van der Waals surface area contributed by atoms with Crippen molar-refractivity contribution in [3.8, 4) is 0 Å². The topological polar surface area (TPSA) is 77.2 Å². The summed E-state index contributed by atoms with van der Waals surface area (Å²) in [5, 5.41) is 10.1. The minimum Gasteiger partial charge on any atom is -0.464 e. The van der Waals surface area contributed by atoms with E-state index in [-0.39, 0.29) is 12.3 Å². The molecule has 0 saturated carbocycles. The highest BCUT2D eigenvalue weighted by Gasteiger charge is 2.10. The number of carbonyl (C=O) groups excluding carboxylic acids is 1. The lowest BCUT2D eigenvalue weighted by atomic mass is 10.2. The van der Waals surface area contributed by atoms with Gasteiger partial charge in [-0.15, -0.1) is 0 Å². The predicted octanol–water partition coefficient (Wildman–Crippen LogP) is 1.76. The molecule has 3 rings (SSSR count). The predicted molar refractivity (Wildman–Crippen MR) is 80.3 cm³/mol. The molecule has 22 heavy (non-hydrogen) atoms. The van der Waals surface area contributed by atoms with Crippen LogP contribution in [-0.4, -0.2) is 32.7 Å². The van der Waals surface area contributed by atoms with Gasteiger partial charge < -0.3 is 14.4 Å². The van der Waals surface area contributed by atoms with Gasteiger partial charge in [0, 0.05) is 11.6 Å². The van der Waals surface area contributed by atoms with Crippen molar-refractivity contribution in [2.45, 2.75) is 13.2 Å². The summed E-state index contributed by atoms with van der Waals surface area (Å²) in [7, 11) is 1.33. The second kappa shape index (κ2) is 5.95. The van der Waals surface area contributed by atoms with Gasteiger partial charge in [-0.3, -0.25) is 4.98 Å². The smallest absolute Gasteiger partial charge is 0.356 e. The van der Waals surface area contributed by atoms with Crippen molar-refractivity contribution < 1.29 is 14.6 Å². The SMILES string of the molecule is COC(=O)c1cc2ccn(Cc3cccc(CO)n3)c2cn1. The number of pyridine rings is 2. The van der Waals surface area contributed by atoms with Crippen LogP contribution in [0, 0.1) is 0 Å². The molecule has 0 amide bonds. The molecule has 112 valence electrons. The zero-order valence-corrected chi connectivity index (χ0v) is 12.1. The largest absolute Gasteiger partial charge is 0.464 e. The lowest BCUT2D eigenvalue weighted by Crippen LogP contribution is -2.05. The van der Waals surface area contributed by atoms with Gasteiger partial charge in [-0.2, -0.15) is 0 Å². The Bertz CT molecular complexity index is 826. The van der Waals surface area contributed by atoms with E-state index in [0.29, 0.717) is 12.2 Å². The number of fused-ring (bicyclic) bond motifs is 1. The van der Waals surface area contributed by atoms with Crippen LogP contribution < -0.4 is 0 Å². The van der Waals surface area contributed by atoms with Crippen LogP contribution in [0.2, 0.25) is 0 Å². The Labute approximate surface area is 127 Å². The highest BCUT2D eigenvalue weighted by Crippen LogP contribution is 2.17. The molecule has 0 aliphatic rings. The average Bonchev–Trinajstić information content (AvgIpc) is 2.96. The van der Waals surface area contributed by atoms with Crippen molar-refractivity contribution in [2.24, 2.45) is 0 Å². The molecule has 0 atom stereocenters. The van der Waals surface area contributed by atoms with E-state index in [1.54, 1.807) is 18.3 Å². The van der Waals surface area contributed by atoms with Crippen molar-refractivity contribution in [1.29, 1.82) is 0 Å². The molecule has 0 spiro atoms. The molecule has 0 aromatic carbocycles. The summed E-state index contributed by atoms with van der Waals surface area (Å²) >= 11 is 0. The monoisotopic (exact) mass is 297 g/mol. The van der Waals surface area contributed by atoms with Crippen molar-refractivity contribution in [2.75, 3.05) is 7.11 Å². The Hall–Kier alpha value is -2.73. The van der Waals surface area contributed by atoms with E-state index in [1.165, 1.54) is 7.11 Å². The zero-order chi connectivity index (χ0) is 15.5. The minimum absolute atomic E-state index is 0.0791. The summed E-state index contributed by atoms with van der Waals surface area (Å²) in [6.45, 7) is 0.487. The molecule has 0 bridgehead atoms. The van der Waals surface area contributed by atoms with Crippen LogP contribution in [0.15, 0.2) is 42.7 Å². The van der Waals surface area contributed by atoms with E-state index in [0.717, 1.165) is 16.6 Å². The van der Waals surface area contributed by atoms with Gasteiger partial charge in [-0.1, -0.05) is 6.07 Å². The molecule has 6 nitrogen and oxygen atoms in total. The Morgan fingerprint density at radius 2 is 2.14 bits per heavy atom. The molecule has 0 unspecified atom stereocenters. The first-order valence-electron chi connectivity index (χ1n) is 6.80. The molecule has 0 aliphatic heterocycles. The number of hydrogen-bond acceptors (Lipinski definition) is 5. The molecule has 3 heterocycles. The Morgan fingerprint density at radius 3 is 2.91 bits per heavy atom. The van der Waals surface area contributed by atoms with Crippen LogP contribution in [0.1, 0.15) is 21.9 Å². The maximum Gasteiger partial charge on any atom is 0.356 e. The van der Waals surface area contributed by atoms with Gasteiger partial charge in [-0.25, -0.2) is 9.78 Å². The number of aliphatic hydroxyl groups is 1. The number of ether oxygens (including phenoxy) is 1. The number of esters is 1. The fourth-order valence-corrected chi connectivity index (χ4v) is 2.32. The standard InChI is InChI=1S/C16H15N3O3/c1-22-16(21)14-7-11-5-6-19(15(11)8-17-14)9-12-3-2-4-13(10-20)18-12/h2-8,20H,9-10H2,1H3. The van der Waals surface area contributed by atoms with Crippen LogP contribution in [0.25, 0.3) is 10.9 Å². The van der Waals surface area contributed by atoms with Gasteiger partial charge in [0.1, 0.15) is 5.69 Å². The van der Waals surface area contributed by atoms with Gasteiger partial charge in [0.15, 0.2) is 0 Å². The number of rotatable bonds is 4. The summed E-state index contributed by atoms with van der Waals surface area (Å²) in [6.07, 6.45) is 3.57. The first kappa shape index (κ1) is 14.2. The van der Waals surface area contributed by atoms with Crippen molar-refractivity contribution in [1.82, 2.24) is 14.5 Å². The molecule has 3 aromatic heterocycles. The first-order chi connectivity index (χ1) is 10.7. The summed E-state index contributed by atoms with van der Waals surface area (Å²) in [5.41, 5.74) is 2.68. The summed E-state index contributed by atoms with van der Waals surface area (Å²) in [6, 6.07) is 9.17. The molecule has 0 aliphatic carbocycles. The highest BCUT2D eigenvalue weighted by molar-refractivity contribution is 5.92. The van der Waals surface area contributed by atoms with Crippen LogP contribution in [0.3, 0.4) is 0 Å². The lowest BCUT2D eigenvalue weighted by Gasteiger charge is -2.06. The van der Waals surface area contributed by atoms with Gasteiger partial charge >= 0.3 is 5.97 Å². The number of carbonyl (C=O) groups is 1. The van der Waals surface area contributed by atoms with Crippen LogP contribution in [-0.2, 0) is 17.9 Å². The van der Waals surface area contributed by atoms with E-state index in [2.05, 4.69) is 14.7 Å². The minimum atomic E-state index is -0.452. The maximum absolute atomic E-state index is 11.5. The summed E-state index contributed by atoms with van der Waals surface area (Å²) in [4.78, 5) is 20.0. The summed E-state index contributed by atoms with van der Waals surface area (Å²) in [5.74, 6) is -0.452. The molecular weight excluding hydrogens is 282 g/mol. The maximum atomic E-state index is 11.5. The molecule has 0 radical (unpaired) electrons. The van der Waals surface area contributed by atoms with E-state index < -0.39 is 5.97 Å². The number of aliphatic hydroxyl groups excluding tert-OH is 1. The zero-order valence-electron chi connectivity index (χ0n) is 12.1. The number of nitrogens with zero attached hydrogens (tertiary/aromatic N) is 3. The third-order valence-electron chi connectivity index (χ3n) is 3.41. The second-order valence-corrected chi connectivity index (χ2v) is 4.84. The quantitative estimate of drug-likeness (QED) is 0.742. The van der Waals surface area contributed by atoms with E-state index in [4.69, 9.17) is 5.11 Å². The Kier molecular flexibility index (Phi) is 3.84. The normalized spacial score (nSPS) is 10.8. The number of hydrogen-bond donors (Lipinski definition) is 1. The van der Waals surface area contributed by atoms with E-state index in [1.807, 2.05) is 29.0 Å². The first-order valence-corrected chi connectivity index (χ1v) is 6.80. The van der Waals surface area contributed by atoms with Gasteiger partial charge in [0.2, 0.25) is 0 Å². The van der Waals surface area contributed by atoms with Crippen LogP contribution in [0.5, 0.6) is 0 Å². The third kappa shape index (κ3) is 2.68. The van der Waals surface area contributed by atoms with E-state index >= 15 is 0 Å². The molecule has 6 heteroatoms. The van der Waals surface area contributed by atoms with Crippen molar-refractivity contribution in [3.63, 3.8) is 0 Å². The average molecular weight is 297 g/mol. The third-order valence-corrected chi connectivity index (χ3v) is 3.41. The Morgan fingerprint density at radius 1 is 1.32 bits per heavy atom. The number of methoxy groups -OCH3 is 1. The molecule has 0 fully saturated rings. The van der Waals surface area contributed by atoms with Gasteiger partial charge in [0.05, 0.1) is 43.4 Å². The lowest BCUT2D eigenvalue weighted by molar-refractivity contribution is 0.0594. The van der Waals surface area contributed by atoms with Crippen LogP contribution in [0.4, 0.5) is 0 Å². The van der Waals surface area contributed by atoms with Crippen molar-refractivity contribution in [3.05, 3.63) is 59.8 Å². The molecule has 0 saturated heterocycles. The van der Waals surface area contributed by atoms with E-state index in [9.17, 15) is 4.79 Å². The number of aromatic nitrogens is 3. The molecular formula is C16H15N3O3. The fraction of sp³-hybridized carbons (Fsp3) is 0.188. The van der Waals surface area contributed by atoms with Crippen LogP contribution >= 0.6 is 0 Å². The summed E-state index contributed by atoms with van der Waals surface area (Å²) < 4.78 is 6.66. The Balaban J connectivity index is 1.93. The second-order valence-electron chi connectivity index (χ2n) is 4.84. The molecule has 3 aromatic rings. The fourth-order valence-electron chi connectivity index (χ4n) is 2.32.